The molecule has 1 aromatic heterocycles. The fourth-order valence-electron chi connectivity index (χ4n) is 0.622. The van der Waals surface area contributed by atoms with E-state index in [1.165, 1.54) is 0 Å². The van der Waals surface area contributed by atoms with Crippen LogP contribution in [-0.2, 0) is 11.2 Å². The zero-order valence-electron chi connectivity index (χ0n) is 5.42. The Morgan fingerprint density at radius 3 is 2.70 bits per heavy atom. The summed E-state index contributed by atoms with van der Waals surface area (Å²) >= 11 is 0. The van der Waals surface area contributed by atoms with Crippen LogP contribution in [0.5, 0.6) is 0 Å². The van der Waals surface area contributed by atoms with Crippen molar-refractivity contribution in [1.82, 2.24) is 10.2 Å². The van der Waals surface area contributed by atoms with Gasteiger partial charge in [-0.2, -0.15) is 0 Å². The van der Waals surface area contributed by atoms with Crippen LogP contribution < -0.4 is 11.5 Å². The van der Waals surface area contributed by atoms with Crippen LogP contribution in [0.4, 0.5) is 0 Å². The maximum absolute atomic E-state index is 10.4. The number of carbonyl (C=O) groups excluding carboxylic acids is 1. The van der Waals surface area contributed by atoms with E-state index in [1.807, 2.05) is 0 Å². The molecular weight excluding hydrogens is 132 g/mol. The van der Waals surface area contributed by atoms with E-state index >= 15 is 0 Å². The SMILES string of the molecule is NC(=O)C(N)Cc1c[nH][nH]1. The van der Waals surface area contributed by atoms with Crippen LogP contribution in [-0.4, -0.2) is 22.1 Å². The molecule has 1 heterocycles. The third-order valence-electron chi connectivity index (χ3n) is 1.28. The van der Waals surface area contributed by atoms with E-state index in [9.17, 15) is 4.79 Å². The summed E-state index contributed by atoms with van der Waals surface area (Å²) in [5, 5.41) is 5.44. The molecule has 0 aliphatic rings. The maximum Gasteiger partial charge on any atom is 0.234 e. The Kier molecular flexibility index (Phi) is 1.77. The van der Waals surface area contributed by atoms with Crippen molar-refractivity contribution >= 4 is 5.91 Å². The van der Waals surface area contributed by atoms with Gasteiger partial charge in [-0.05, 0) is 0 Å². The van der Waals surface area contributed by atoms with E-state index in [-0.39, 0.29) is 0 Å². The number of amides is 1. The minimum atomic E-state index is -0.583. The van der Waals surface area contributed by atoms with Crippen LogP contribution in [0.1, 0.15) is 5.69 Å². The summed E-state index contributed by atoms with van der Waals surface area (Å²) in [6, 6.07) is -0.583. The highest BCUT2D eigenvalue weighted by Gasteiger charge is 2.10. The minimum Gasteiger partial charge on any atom is -0.368 e. The van der Waals surface area contributed by atoms with Gasteiger partial charge in [-0.25, -0.2) is 0 Å². The van der Waals surface area contributed by atoms with Gasteiger partial charge in [0.1, 0.15) is 0 Å². The monoisotopic (exact) mass is 142 g/mol. The molecule has 1 amide bonds. The number of nitrogens with one attached hydrogen (secondary N) is 2. The first-order valence-electron chi connectivity index (χ1n) is 2.95. The molecule has 0 aliphatic carbocycles. The van der Waals surface area contributed by atoms with E-state index in [0.29, 0.717) is 6.42 Å². The van der Waals surface area contributed by atoms with Crippen LogP contribution in [0.15, 0.2) is 6.20 Å². The number of nitrogens with two attached hydrogens (primary N) is 2. The molecule has 1 unspecified atom stereocenters. The standard InChI is InChI=1S/C5H10N4O/c6-4(5(7)10)1-3-2-8-9-3/h2,4,8-9H,1,6H2,(H2,7,10). The number of aromatic amines is 2. The van der Waals surface area contributed by atoms with Gasteiger partial charge in [0.25, 0.3) is 0 Å². The van der Waals surface area contributed by atoms with Gasteiger partial charge in [0.2, 0.25) is 5.91 Å². The molecule has 0 aliphatic heterocycles. The molecule has 56 valence electrons. The summed E-state index contributed by atoms with van der Waals surface area (Å²) < 4.78 is 0. The molecule has 6 N–H and O–H groups in total. The molecule has 1 atom stereocenters. The molecule has 0 fully saturated rings. The lowest BCUT2D eigenvalue weighted by atomic mass is 10.2. The minimum absolute atomic E-state index is 0.475. The van der Waals surface area contributed by atoms with Gasteiger partial charge >= 0.3 is 0 Å². The van der Waals surface area contributed by atoms with E-state index < -0.39 is 11.9 Å². The van der Waals surface area contributed by atoms with Crippen molar-refractivity contribution in [2.75, 3.05) is 0 Å². The zero-order valence-corrected chi connectivity index (χ0v) is 5.42. The number of rotatable bonds is 3. The molecule has 0 spiro atoms. The first-order valence-corrected chi connectivity index (χ1v) is 2.95. The van der Waals surface area contributed by atoms with Crippen molar-refractivity contribution < 1.29 is 4.79 Å². The average molecular weight is 142 g/mol. The predicted molar refractivity (Wildman–Crippen MR) is 36.0 cm³/mol. The third-order valence-corrected chi connectivity index (χ3v) is 1.28. The number of hydrogen-bond donors (Lipinski definition) is 4. The highest BCUT2D eigenvalue weighted by molar-refractivity contribution is 5.79. The fraction of sp³-hybridized carbons (Fsp3) is 0.400. The number of primary amides is 1. The second-order valence-electron chi connectivity index (χ2n) is 2.15. The molecule has 5 heteroatoms. The Labute approximate surface area is 57.8 Å². The average Bonchev–Trinajstić information content (AvgIpc) is 1.77. The largest absolute Gasteiger partial charge is 0.368 e. The lowest BCUT2D eigenvalue weighted by molar-refractivity contribution is -0.119. The summed E-state index contributed by atoms with van der Waals surface area (Å²) in [5.74, 6) is -0.477. The van der Waals surface area contributed by atoms with Crippen molar-refractivity contribution in [3.8, 4) is 0 Å². The third kappa shape index (κ3) is 1.38. The van der Waals surface area contributed by atoms with E-state index in [2.05, 4.69) is 10.2 Å². The van der Waals surface area contributed by atoms with Crippen molar-refractivity contribution in [2.45, 2.75) is 12.5 Å². The van der Waals surface area contributed by atoms with Crippen molar-refractivity contribution in [3.05, 3.63) is 11.9 Å². The lowest BCUT2D eigenvalue weighted by Gasteiger charge is -2.08. The predicted octanol–water partition coefficient (Wildman–Crippen LogP) is -1.30. The maximum atomic E-state index is 10.4. The number of H-pyrrole nitrogens is 2. The first kappa shape index (κ1) is 6.88. The number of carbonyl (C=O) groups is 1. The highest BCUT2D eigenvalue weighted by Crippen LogP contribution is 1.95. The Morgan fingerprint density at radius 1 is 1.80 bits per heavy atom. The van der Waals surface area contributed by atoms with Crippen molar-refractivity contribution in [3.63, 3.8) is 0 Å². The first-order chi connectivity index (χ1) is 4.70. The van der Waals surface area contributed by atoms with Gasteiger partial charge < -0.3 is 21.7 Å². The Hall–Kier alpha value is -1.23. The smallest absolute Gasteiger partial charge is 0.234 e. The summed E-state index contributed by atoms with van der Waals surface area (Å²) in [7, 11) is 0. The van der Waals surface area contributed by atoms with Crippen LogP contribution in [0, 0.1) is 0 Å². The summed E-state index contributed by atoms with van der Waals surface area (Å²) in [5.41, 5.74) is 11.2. The molecule has 0 bridgehead atoms. The van der Waals surface area contributed by atoms with E-state index in [4.69, 9.17) is 11.5 Å². The van der Waals surface area contributed by atoms with Gasteiger partial charge in [0, 0.05) is 12.6 Å². The molecule has 0 saturated heterocycles. The fourth-order valence-corrected chi connectivity index (χ4v) is 0.622. The second kappa shape index (κ2) is 2.57. The van der Waals surface area contributed by atoms with Gasteiger partial charge in [0.05, 0.1) is 11.7 Å². The molecule has 1 aromatic rings. The lowest BCUT2D eigenvalue weighted by Crippen LogP contribution is -2.38. The molecule has 10 heavy (non-hydrogen) atoms. The zero-order chi connectivity index (χ0) is 7.56. The molecule has 5 nitrogen and oxygen atoms in total. The molecule has 0 aromatic carbocycles. The topological polar surface area (TPSA) is 101 Å². The summed E-state index contributed by atoms with van der Waals surface area (Å²) in [4.78, 5) is 10.4. The van der Waals surface area contributed by atoms with Gasteiger partial charge in [-0.3, -0.25) is 4.79 Å². The van der Waals surface area contributed by atoms with Gasteiger partial charge in [0.15, 0.2) is 0 Å². The van der Waals surface area contributed by atoms with Gasteiger partial charge in [-0.1, -0.05) is 0 Å². The Balaban J connectivity index is 2.36. The van der Waals surface area contributed by atoms with E-state index in [0.717, 1.165) is 5.69 Å². The molecule has 1 rings (SSSR count). The quantitative estimate of drug-likeness (QED) is 0.421. The van der Waals surface area contributed by atoms with Crippen molar-refractivity contribution in [2.24, 2.45) is 11.5 Å². The van der Waals surface area contributed by atoms with E-state index in [1.54, 1.807) is 6.20 Å². The Bertz CT molecular complexity index is 205. The van der Waals surface area contributed by atoms with Crippen LogP contribution >= 0.6 is 0 Å². The summed E-state index contributed by atoms with van der Waals surface area (Å²) in [6.45, 7) is 0. The molecular formula is C5H10N4O. The van der Waals surface area contributed by atoms with Crippen LogP contribution in [0.3, 0.4) is 0 Å². The van der Waals surface area contributed by atoms with Crippen LogP contribution in [0.2, 0.25) is 0 Å². The normalized spacial score (nSPS) is 13.3. The van der Waals surface area contributed by atoms with Gasteiger partial charge in [-0.15, -0.1) is 0 Å². The number of aromatic nitrogens is 2. The highest BCUT2D eigenvalue weighted by atomic mass is 16.1. The van der Waals surface area contributed by atoms with Crippen molar-refractivity contribution in [1.29, 1.82) is 0 Å². The molecule has 0 radical (unpaired) electrons. The Morgan fingerprint density at radius 2 is 2.40 bits per heavy atom. The van der Waals surface area contributed by atoms with Crippen LogP contribution in [0.25, 0.3) is 0 Å². The summed E-state index contributed by atoms with van der Waals surface area (Å²) in [6.07, 6.45) is 2.21. The number of hydrogen-bond acceptors (Lipinski definition) is 2. The molecule has 0 saturated carbocycles. The second-order valence-corrected chi connectivity index (χ2v) is 2.15.